The van der Waals surface area contributed by atoms with Crippen molar-refractivity contribution in [1.29, 1.82) is 0 Å². The number of nitrogen functional groups attached to an aromatic ring is 1. The Morgan fingerprint density at radius 1 is 1.50 bits per heavy atom. The van der Waals surface area contributed by atoms with E-state index in [0.717, 1.165) is 23.1 Å². The van der Waals surface area contributed by atoms with Crippen LogP contribution >= 0.6 is 11.3 Å². The number of fused-ring (bicyclic) bond motifs is 1. The van der Waals surface area contributed by atoms with Gasteiger partial charge in [-0.2, -0.15) is 4.98 Å². The van der Waals surface area contributed by atoms with Crippen LogP contribution in [0.25, 0.3) is 10.2 Å². The quantitative estimate of drug-likeness (QED) is 0.621. The monoisotopic (exact) mass is 266 g/mol. The van der Waals surface area contributed by atoms with E-state index < -0.39 is 0 Å². The molecule has 0 aliphatic carbocycles. The first-order valence-corrected chi connectivity index (χ1v) is 6.97. The maximum atomic E-state index is 5.79. The molecule has 2 aromatic heterocycles. The lowest BCUT2D eigenvalue weighted by molar-refractivity contribution is 0.246. The summed E-state index contributed by atoms with van der Waals surface area (Å²) < 4.78 is 5.79. The van der Waals surface area contributed by atoms with Crippen molar-refractivity contribution in [3.8, 4) is 5.88 Å². The molecule has 3 N–H and O–H groups in total. The van der Waals surface area contributed by atoms with E-state index in [1.54, 1.807) is 11.3 Å². The highest BCUT2D eigenvalue weighted by atomic mass is 32.1. The lowest BCUT2D eigenvalue weighted by atomic mass is 10.1. The van der Waals surface area contributed by atoms with Crippen LogP contribution in [0.2, 0.25) is 0 Å². The number of nitrogens with one attached hydrogen (secondary N) is 1. The first-order valence-electron chi connectivity index (χ1n) is 6.09. The van der Waals surface area contributed by atoms with E-state index in [4.69, 9.17) is 10.6 Å². The highest BCUT2D eigenvalue weighted by Crippen LogP contribution is 2.28. The number of nitrogens with two attached hydrogens (primary N) is 1. The maximum Gasteiger partial charge on any atom is 0.241 e. The molecule has 0 aliphatic heterocycles. The number of hydrogen-bond donors (Lipinski definition) is 2. The molecule has 18 heavy (non-hydrogen) atoms. The van der Waals surface area contributed by atoms with E-state index in [1.165, 1.54) is 0 Å². The molecule has 0 saturated heterocycles. The smallest absolute Gasteiger partial charge is 0.241 e. The topological polar surface area (TPSA) is 73.1 Å². The van der Waals surface area contributed by atoms with E-state index >= 15 is 0 Å². The van der Waals surface area contributed by atoms with Crippen molar-refractivity contribution in [2.24, 2.45) is 11.8 Å². The SMILES string of the molecule is CCCC(C)COc1nc(NN)nc2sccc12. The highest BCUT2D eigenvalue weighted by Gasteiger charge is 2.11. The molecule has 1 atom stereocenters. The number of hydrogen-bond acceptors (Lipinski definition) is 6. The van der Waals surface area contributed by atoms with Crippen LogP contribution in [0, 0.1) is 5.92 Å². The molecule has 5 nitrogen and oxygen atoms in total. The van der Waals surface area contributed by atoms with Crippen LogP contribution in [-0.2, 0) is 0 Å². The highest BCUT2D eigenvalue weighted by molar-refractivity contribution is 7.16. The minimum absolute atomic E-state index is 0.392. The van der Waals surface area contributed by atoms with Gasteiger partial charge < -0.3 is 4.74 Å². The van der Waals surface area contributed by atoms with E-state index in [-0.39, 0.29) is 0 Å². The fourth-order valence-corrected chi connectivity index (χ4v) is 2.55. The summed E-state index contributed by atoms with van der Waals surface area (Å²) in [5.74, 6) is 6.88. The van der Waals surface area contributed by atoms with Gasteiger partial charge in [0, 0.05) is 0 Å². The van der Waals surface area contributed by atoms with Crippen LogP contribution < -0.4 is 16.0 Å². The minimum atomic E-state index is 0.392. The summed E-state index contributed by atoms with van der Waals surface area (Å²) in [7, 11) is 0. The maximum absolute atomic E-state index is 5.79. The number of nitrogens with zero attached hydrogens (tertiary/aromatic N) is 2. The fraction of sp³-hybridized carbons (Fsp3) is 0.500. The molecule has 0 aliphatic rings. The van der Waals surface area contributed by atoms with Crippen molar-refractivity contribution in [3.63, 3.8) is 0 Å². The third-order valence-electron chi connectivity index (χ3n) is 2.71. The van der Waals surface area contributed by atoms with Gasteiger partial charge in [-0.1, -0.05) is 20.3 Å². The van der Waals surface area contributed by atoms with Crippen molar-refractivity contribution in [3.05, 3.63) is 11.4 Å². The molecule has 0 radical (unpaired) electrons. The van der Waals surface area contributed by atoms with Crippen LogP contribution in [0.5, 0.6) is 5.88 Å². The van der Waals surface area contributed by atoms with Gasteiger partial charge in [-0.15, -0.1) is 11.3 Å². The lowest BCUT2D eigenvalue weighted by Crippen LogP contribution is -2.13. The largest absolute Gasteiger partial charge is 0.477 e. The second-order valence-electron chi connectivity index (χ2n) is 4.34. The number of hydrazine groups is 1. The Balaban J connectivity index is 2.18. The summed E-state index contributed by atoms with van der Waals surface area (Å²) in [5, 5.41) is 2.92. The second kappa shape index (κ2) is 5.97. The Hall–Kier alpha value is -1.40. The van der Waals surface area contributed by atoms with Crippen LogP contribution in [-0.4, -0.2) is 16.6 Å². The van der Waals surface area contributed by atoms with Crippen LogP contribution in [0.1, 0.15) is 26.7 Å². The van der Waals surface area contributed by atoms with Crippen molar-refractivity contribution >= 4 is 27.5 Å². The molecule has 6 heteroatoms. The zero-order valence-corrected chi connectivity index (χ0v) is 11.5. The van der Waals surface area contributed by atoms with E-state index in [0.29, 0.717) is 24.4 Å². The van der Waals surface area contributed by atoms with Crippen LogP contribution in [0.4, 0.5) is 5.95 Å². The molecular formula is C12H18N4OS. The molecule has 0 saturated carbocycles. The molecule has 0 spiro atoms. The van der Waals surface area contributed by atoms with Crippen LogP contribution in [0.15, 0.2) is 11.4 Å². The third kappa shape index (κ3) is 2.88. The van der Waals surface area contributed by atoms with Crippen molar-refractivity contribution in [2.45, 2.75) is 26.7 Å². The van der Waals surface area contributed by atoms with Gasteiger partial charge in [-0.05, 0) is 23.8 Å². The summed E-state index contributed by atoms with van der Waals surface area (Å²) in [4.78, 5) is 9.42. The standard InChI is InChI=1S/C12H18N4OS/c1-3-4-8(2)7-17-10-9-5-6-18-11(9)15-12(14-10)16-13/h5-6,8H,3-4,7,13H2,1-2H3,(H,14,15,16). The van der Waals surface area contributed by atoms with Gasteiger partial charge in [0.15, 0.2) is 0 Å². The Kier molecular flexibility index (Phi) is 4.33. The van der Waals surface area contributed by atoms with Gasteiger partial charge in [0.2, 0.25) is 11.8 Å². The number of thiophene rings is 1. The van der Waals surface area contributed by atoms with Crippen LogP contribution in [0.3, 0.4) is 0 Å². The first-order chi connectivity index (χ1) is 8.74. The molecule has 0 fully saturated rings. The predicted molar refractivity (Wildman–Crippen MR) is 74.8 cm³/mol. The lowest BCUT2D eigenvalue weighted by Gasteiger charge is -2.12. The Morgan fingerprint density at radius 3 is 3.06 bits per heavy atom. The van der Waals surface area contributed by atoms with Gasteiger partial charge in [0.05, 0.1) is 12.0 Å². The number of anilines is 1. The zero-order chi connectivity index (χ0) is 13.0. The summed E-state index contributed by atoms with van der Waals surface area (Å²) in [6.45, 7) is 5.02. The molecule has 0 amide bonds. The molecule has 0 aromatic carbocycles. The first kappa shape index (κ1) is 13.0. The summed E-state index contributed by atoms with van der Waals surface area (Å²) in [6.07, 6.45) is 2.32. The average molecular weight is 266 g/mol. The normalized spacial score (nSPS) is 12.6. The average Bonchev–Trinajstić information content (AvgIpc) is 2.84. The Bertz CT molecular complexity index is 514. The van der Waals surface area contributed by atoms with Crippen molar-refractivity contribution in [1.82, 2.24) is 9.97 Å². The second-order valence-corrected chi connectivity index (χ2v) is 5.24. The molecule has 0 bridgehead atoms. The zero-order valence-electron chi connectivity index (χ0n) is 10.6. The minimum Gasteiger partial charge on any atom is -0.477 e. The summed E-state index contributed by atoms with van der Waals surface area (Å²) in [6, 6.07) is 1.97. The Labute approximate surface area is 110 Å². The van der Waals surface area contributed by atoms with Gasteiger partial charge in [-0.25, -0.2) is 10.8 Å². The fourth-order valence-electron chi connectivity index (χ4n) is 1.80. The number of aromatic nitrogens is 2. The van der Waals surface area contributed by atoms with Gasteiger partial charge in [-0.3, -0.25) is 5.43 Å². The van der Waals surface area contributed by atoms with E-state index in [1.807, 2.05) is 11.4 Å². The molecule has 2 rings (SSSR count). The molecular weight excluding hydrogens is 248 g/mol. The third-order valence-corrected chi connectivity index (χ3v) is 3.51. The molecule has 1 unspecified atom stereocenters. The van der Waals surface area contributed by atoms with E-state index in [9.17, 15) is 0 Å². The molecule has 98 valence electrons. The van der Waals surface area contributed by atoms with E-state index in [2.05, 4.69) is 29.2 Å². The van der Waals surface area contributed by atoms with Crippen molar-refractivity contribution < 1.29 is 4.74 Å². The van der Waals surface area contributed by atoms with Gasteiger partial charge in [0.1, 0.15) is 4.83 Å². The number of rotatable bonds is 6. The van der Waals surface area contributed by atoms with Crippen molar-refractivity contribution in [2.75, 3.05) is 12.0 Å². The molecule has 2 heterocycles. The number of ether oxygens (including phenoxy) is 1. The van der Waals surface area contributed by atoms with Gasteiger partial charge in [0.25, 0.3) is 0 Å². The summed E-state index contributed by atoms with van der Waals surface area (Å²) >= 11 is 1.55. The Morgan fingerprint density at radius 2 is 2.33 bits per heavy atom. The predicted octanol–water partition coefficient (Wildman–Crippen LogP) is 2.79. The molecule has 2 aromatic rings. The summed E-state index contributed by atoms with van der Waals surface area (Å²) in [5.41, 5.74) is 2.47. The van der Waals surface area contributed by atoms with Gasteiger partial charge >= 0.3 is 0 Å².